The molecule has 1 heterocycles. The summed E-state index contributed by atoms with van der Waals surface area (Å²) in [5.41, 5.74) is 1.44. The van der Waals surface area contributed by atoms with E-state index in [-0.39, 0.29) is 17.1 Å². The van der Waals surface area contributed by atoms with Crippen molar-refractivity contribution in [1.29, 1.82) is 0 Å². The van der Waals surface area contributed by atoms with E-state index >= 15 is 0 Å². The van der Waals surface area contributed by atoms with Gasteiger partial charge in [-0.3, -0.25) is 9.69 Å². The summed E-state index contributed by atoms with van der Waals surface area (Å²) in [5, 5.41) is 10.7. The van der Waals surface area contributed by atoms with Crippen LogP contribution < -0.4 is 4.90 Å². The average Bonchev–Trinajstić information content (AvgIpc) is 2.58. The van der Waals surface area contributed by atoms with Crippen LogP contribution in [0.3, 0.4) is 0 Å². The monoisotopic (exact) mass is 263 g/mol. The molecule has 1 aliphatic rings. The molecular weight excluding hydrogens is 246 g/mol. The van der Waals surface area contributed by atoms with E-state index in [1.165, 1.54) is 11.8 Å². The van der Waals surface area contributed by atoms with Crippen molar-refractivity contribution >= 4 is 23.4 Å². The third-order valence-corrected chi connectivity index (χ3v) is 3.81. The van der Waals surface area contributed by atoms with Crippen LogP contribution in [-0.4, -0.2) is 16.8 Å². The maximum atomic E-state index is 11.8. The van der Waals surface area contributed by atoms with Crippen molar-refractivity contribution in [2.75, 3.05) is 10.7 Å². The fourth-order valence-corrected chi connectivity index (χ4v) is 2.72. The van der Waals surface area contributed by atoms with Gasteiger partial charge in [-0.2, -0.15) is 0 Å². The van der Waals surface area contributed by atoms with Crippen molar-refractivity contribution in [3.63, 3.8) is 0 Å². The first-order valence-electron chi connectivity index (χ1n) is 5.79. The fourth-order valence-electron chi connectivity index (χ4n) is 1.97. The number of phenols is 1. The summed E-state index contributed by atoms with van der Waals surface area (Å²) in [4.78, 5) is 13.4. The van der Waals surface area contributed by atoms with Crippen LogP contribution in [-0.2, 0) is 10.2 Å². The first-order valence-corrected chi connectivity index (χ1v) is 6.77. The molecule has 0 aromatic heterocycles. The lowest BCUT2D eigenvalue weighted by molar-refractivity contribution is -0.115. The zero-order valence-electron chi connectivity index (χ0n) is 10.9. The Labute approximate surface area is 111 Å². The third-order valence-electron chi connectivity index (χ3n) is 2.91. The Balaban J connectivity index is 2.48. The van der Waals surface area contributed by atoms with Gasteiger partial charge >= 0.3 is 0 Å². The van der Waals surface area contributed by atoms with Crippen LogP contribution >= 0.6 is 11.8 Å². The predicted molar refractivity (Wildman–Crippen MR) is 75.9 cm³/mol. The molecule has 0 bridgehead atoms. The van der Waals surface area contributed by atoms with Crippen LogP contribution in [0, 0.1) is 0 Å². The Bertz CT molecular complexity index is 501. The van der Waals surface area contributed by atoms with Crippen LogP contribution in [0.1, 0.15) is 26.3 Å². The Kier molecular flexibility index (Phi) is 3.15. The number of phenolic OH excluding ortho intramolecular Hbond substituents is 1. The molecule has 1 aliphatic heterocycles. The molecule has 0 unspecified atom stereocenters. The van der Waals surface area contributed by atoms with Crippen LogP contribution in [0.5, 0.6) is 5.75 Å². The molecule has 0 aliphatic carbocycles. The largest absolute Gasteiger partial charge is 0.508 e. The molecule has 0 radical (unpaired) electrons. The highest BCUT2D eigenvalue weighted by atomic mass is 32.2. The lowest BCUT2D eigenvalue weighted by Gasteiger charge is -2.24. The Morgan fingerprint density at radius 1 is 1.39 bits per heavy atom. The SMILES string of the molecule is C=C1SCC(=O)N1c1ccc(O)c(C(C)(C)C)c1. The molecule has 18 heavy (non-hydrogen) atoms. The number of carbonyl (C=O) groups excluding carboxylic acids is 1. The van der Waals surface area contributed by atoms with Gasteiger partial charge in [0.2, 0.25) is 5.91 Å². The molecule has 3 nitrogen and oxygen atoms in total. The molecular formula is C14H17NO2S. The van der Waals surface area contributed by atoms with Crippen LogP contribution in [0.4, 0.5) is 5.69 Å². The molecule has 1 saturated heterocycles. The minimum Gasteiger partial charge on any atom is -0.508 e. The molecule has 0 saturated carbocycles. The van der Waals surface area contributed by atoms with Crippen molar-refractivity contribution in [2.24, 2.45) is 0 Å². The van der Waals surface area contributed by atoms with Gasteiger partial charge in [-0.05, 0) is 23.6 Å². The van der Waals surface area contributed by atoms with Gasteiger partial charge in [0.1, 0.15) is 5.75 Å². The number of hydrogen-bond donors (Lipinski definition) is 1. The zero-order chi connectivity index (χ0) is 13.5. The summed E-state index contributed by atoms with van der Waals surface area (Å²) < 4.78 is 0. The highest BCUT2D eigenvalue weighted by molar-refractivity contribution is 8.04. The molecule has 1 N–H and O–H groups in total. The van der Waals surface area contributed by atoms with Gasteiger partial charge in [0.15, 0.2) is 0 Å². The number of amides is 1. The number of benzene rings is 1. The minimum atomic E-state index is -0.169. The van der Waals surface area contributed by atoms with Crippen molar-refractivity contribution in [3.8, 4) is 5.75 Å². The van der Waals surface area contributed by atoms with Gasteiger partial charge in [-0.15, -0.1) is 0 Å². The summed E-state index contributed by atoms with van der Waals surface area (Å²) in [6, 6.07) is 5.25. The summed E-state index contributed by atoms with van der Waals surface area (Å²) in [5.74, 6) is 0.733. The van der Waals surface area contributed by atoms with Crippen LogP contribution in [0.25, 0.3) is 0 Å². The normalized spacial score (nSPS) is 16.5. The van der Waals surface area contributed by atoms with Crippen molar-refractivity contribution in [2.45, 2.75) is 26.2 Å². The molecule has 1 fully saturated rings. The second-order valence-corrected chi connectivity index (χ2v) is 6.41. The van der Waals surface area contributed by atoms with Crippen molar-refractivity contribution in [1.82, 2.24) is 0 Å². The van der Waals surface area contributed by atoms with E-state index in [0.717, 1.165) is 16.3 Å². The van der Waals surface area contributed by atoms with Gasteiger partial charge in [0.25, 0.3) is 0 Å². The van der Waals surface area contributed by atoms with Gasteiger partial charge in [0, 0.05) is 11.3 Å². The number of nitrogens with zero attached hydrogens (tertiary/aromatic N) is 1. The molecule has 1 aromatic rings. The summed E-state index contributed by atoms with van der Waals surface area (Å²) in [6.07, 6.45) is 0. The van der Waals surface area contributed by atoms with Gasteiger partial charge in [0.05, 0.1) is 10.8 Å². The maximum Gasteiger partial charge on any atom is 0.242 e. The highest BCUT2D eigenvalue weighted by Gasteiger charge is 2.28. The smallest absolute Gasteiger partial charge is 0.242 e. The fraction of sp³-hybridized carbons (Fsp3) is 0.357. The summed E-state index contributed by atoms with van der Waals surface area (Å²) in [7, 11) is 0. The van der Waals surface area contributed by atoms with Crippen LogP contribution in [0.2, 0.25) is 0 Å². The Morgan fingerprint density at radius 2 is 2.06 bits per heavy atom. The Hall–Kier alpha value is -1.42. The number of carbonyl (C=O) groups is 1. The summed E-state index contributed by atoms with van der Waals surface area (Å²) in [6.45, 7) is 9.97. The third kappa shape index (κ3) is 2.25. The molecule has 0 spiro atoms. The lowest BCUT2D eigenvalue weighted by atomic mass is 9.86. The molecule has 4 heteroatoms. The van der Waals surface area contributed by atoms with Crippen LogP contribution in [0.15, 0.2) is 29.8 Å². The number of thioether (sulfide) groups is 1. The standard InChI is InChI=1S/C14H17NO2S/c1-9-15(13(17)8-18-9)10-5-6-12(16)11(7-10)14(2,3)4/h5-7,16H,1,8H2,2-4H3. The van der Waals surface area contributed by atoms with E-state index in [4.69, 9.17) is 0 Å². The van der Waals surface area contributed by atoms with E-state index in [1.54, 1.807) is 17.0 Å². The van der Waals surface area contributed by atoms with Gasteiger partial charge in [-0.1, -0.05) is 39.1 Å². The molecule has 0 atom stereocenters. The van der Waals surface area contributed by atoms with E-state index < -0.39 is 0 Å². The van der Waals surface area contributed by atoms with E-state index in [9.17, 15) is 9.90 Å². The van der Waals surface area contributed by atoms with E-state index in [0.29, 0.717) is 5.75 Å². The molecule has 1 aromatic carbocycles. The molecule has 2 rings (SSSR count). The zero-order valence-corrected chi connectivity index (χ0v) is 11.7. The van der Waals surface area contributed by atoms with E-state index in [1.807, 2.05) is 26.8 Å². The van der Waals surface area contributed by atoms with Crippen molar-refractivity contribution < 1.29 is 9.90 Å². The Morgan fingerprint density at radius 3 is 2.56 bits per heavy atom. The van der Waals surface area contributed by atoms with E-state index in [2.05, 4.69) is 6.58 Å². The first kappa shape index (κ1) is 13.0. The summed E-state index contributed by atoms with van der Waals surface area (Å²) >= 11 is 1.45. The maximum absolute atomic E-state index is 11.8. The lowest BCUT2D eigenvalue weighted by Crippen LogP contribution is -2.24. The molecule has 1 amide bonds. The average molecular weight is 263 g/mol. The second kappa shape index (κ2) is 4.35. The first-order chi connectivity index (χ1) is 8.30. The predicted octanol–water partition coefficient (Wildman–Crippen LogP) is 3.24. The quantitative estimate of drug-likeness (QED) is 0.845. The van der Waals surface area contributed by atoms with Gasteiger partial charge < -0.3 is 5.11 Å². The minimum absolute atomic E-state index is 0.0375. The number of aromatic hydroxyl groups is 1. The van der Waals surface area contributed by atoms with Gasteiger partial charge in [-0.25, -0.2) is 0 Å². The molecule has 96 valence electrons. The van der Waals surface area contributed by atoms with Crippen molar-refractivity contribution in [3.05, 3.63) is 35.4 Å². The number of hydrogen-bond acceptors (Lipinski definition) is 3. The highest BCUT2D eigenvalue weighted by Crippen LogP contribution is 2.38. The second-order valence-electron chi connectivity index (χ2n) is 5.36. The topological polar surface area (TPSA) is 40.5 Å². The number of rotatable bonds is 1. The number of anilines is 1.